The zero-order valence-corrected chi connectivity index (χ0v) is 8.95. The van der Waals surface area contributed by atoms with Crippen molar-refractivity contribution < 1.29 is 5.11 Å². The Morgan fingerprint density at radius 2 is 1.85 bits per heavy atom. The molecule has 2 bridgehead atoms. The highest BCUT2D eigenvalue weighted by atomic mass is 16.3. The van der Waals surface area contributed by atoms with E-state index in [4.69, 9.17) is 0 Å². The van der Waals surface area contributed by atoms with Crippen molar-refractivity contribution in [2.45, 2.75) is 45.3 Å². The highest BCUT2D eigenvalue weighted by Gasteiger charge is 2.41. The number of rotatable bonds is 0. The molecule has 1 heterocycles. The van der Waals surface area contributed by atoms with Gasteiger partial charge in [-0.05, 0) is 45.4 Å². The summed E-state index contributed by atoms with van der Waals surface area (Å²) in [5, 5.41) is 9.76. The minimum Gasteiger partial charge on any atom is -0.393 e. The fourth-order valence-corrected chi connectivity index (χ4v) is 2.78. The molecule has 0 unspecified atom stereocenters. The smallest absolute Gasteiger partial charge is 0.0583 e. The lowest BCUT2D eigenvalue weighted by Crippen LogP contribution is -2.48. The minimum atomic E-state index is -0.0163. The molecule has 2 nitrogen and oxygen atoms in total. The molecule has 2 aliphatic rings. The summed E-state index contributed by atoms with van der Waals surface area (Å²) in [6.45, 7) is 9.09. The van der Waals surface area contributed by atoms with Crippen LogP contribution in [0.25, 0.3) is 0 Å². The molecule has 1 N–H and O–H groups in total. The van der Waals surface area contributed by atoms with Crippen LogP contribution in [-0.2, 0) is 0 Å². The van der Waals surface area contributed by atoms with Gasteiger partial charge in [-0.2, -0.15) is 0 Å². The van der Waals surface area contributed by atoms with Gasteiger partial charge < -0.3 is 5.11 Å². The van der Waals surface area contributed by atoms with Gasteiger partial charge in [0.05, 0.1) is 6.10 Å². The maximum absolute atomic E-state index is 9.76. The molecular weight excluding hydrogens is 162 g/mol. The van der Waals surface area contributed by atoms with E-state index in [0.717, 1.165) is 18.9 Å². The van der Waals surface area contributed by atoms with Gasteiger partial charge in [-0.15, -0.1) is 0 Å². The van der Waals surface area contributed by atoms with Crippen molar-refractivity contribution in [1.82, 2.24) is 4.90 Å². The van der Waals surface area contributed by atoms with Crippen LogP contribution in [0.2, 0.25) is 0 Å². The Morgan fingerprint density at radius 1 is 1.15 bits per heavy atom. The van der Waals surface area contributed by atoms with E-state index in [0.29, 0.717) is 5.92 Å². The van der Waals surface area contributed by atoms with Gasteiger partial charge in [-0.25, -0.2) is 0 Å². The van der Waals surface area contributed by atoms with Crippen molar-refractivity contribution in [1.29, 1.82) is 0 Å². The van der Waals surface area contributed by atoms with Crippen molar-refractivity contribution in [2.24, 2.45) is 11.8 Å². The van der Waals surface area contributed by atoms with Crippen LogP contribution in [0.3, 0.4) is 0 Å². The monoisotopic (exact) mass is 183 g/mol. The Labute approximate surface area is 80.9 Å². The highest BCUT2D eigenvalue weighted by molar-refractivity contribution is 4.94. The molecule has 0 amide bonds. The van der Waals surface area contributed by atoms with Crippen LogP contribution in [0.5, 0.6) is 0 Å². The topological polar surface area (TPSA) is 23.5 Å². The first kappa shape index (κ1) is 9.47. The number of fused-ring (bicyclic) bond motifs is 2. The molecule has 1 saturated heterocycles. The van der Waals surface area contributed by atoms with E-state index in [1.54, 1.807) is 0 Å². The Hall–Kier alpha value is -0.0800. The Balaban J connectivity index is 2.05. The second-order valence-corrected chi connectivity index (χ2v) is 5.74. The SMILES string of the molecule is CC(C)(C)N1C[C@@H]2C[C@H](C1)[C@H](O)C2. The van der Waals surface area contributed by atoms with Crippen LogP contribution in [-0.4, -0.2) is 34.7 Å². The minimum absolute atomic E-state index is 0.0163. The summed E-state index contributed by atoms with van der Waals surface area (Å²) >= 11 is 0. The Bertz CT molecular complexity index is 195. The molecule has 0 spiro atoms. The lowest BCUT2D eigenvalue weighted by molar-refractivity contribution is 0.0514. The quantitative estimate of drug-likeness (QED) is 0.615. The molecule has 1 aliphatic heterocycles. The molecule has 76 valence electrons. The predicted octanol–water partition coefficient (Wildman–Crippen LogP) is 1.49. The number of piperidine rings is 1. The number of aliphatic hydroxyl groups excluding tert-OH is 1. The van der Waals surface area contributed by atoms with E-state index >= 15 is 0 Å². The van der Waals surface area contributed by atoms with Crippen LogP contribution >= 0.6 is 0 Å². The second-order valence-electron chi connectivity index (χ2n) is 5.74. The first-order chi connectivity index (χ1) is 5.97. The van der Waals surface area contributed by atoms with E-state index in [1.165, 1.54) is 13.0 Å². The average molecular weight is 183 g/mol. The normalized spacial score (nSPS) is 41.1. The average Bonchev–Trinajstić information content (AvgIpc) is 2.24. The Kier molecular flexibility index (Phi) is 2.16. The lowest BCUT2D eigenvalue weighted by atomic mass is 9.93. The van der Waals surface area contributed by atoms with Crippen LogP contribution in [0.1, 0.15) is 33.6 Å². The van der Waals surface area contributed by atoms with Crippen molar-refractivity contribution in [3.05, 3.63) is 0 Å². The van der Waals surface area contributed by atoms with Gasteiger partial charge >= 0.3 is 0 Å². The summed E-state index contributed by atoms with van der Waals surface area (Å²) in [5.74, 6) is 1.31. The number of aliphatic hydroxyl groups is 1. The summed E-state index contributed by atoms with van der Waals surface area (Å²) < 4.78 is 0. The molecular formula is C11H21NO. The number of hydrogen-bond acceptors (Lipinski definition) is 2. The van der Waals surface area contributed by atoms with Gasteiger partial charge in [-0.1, -0.05) is 0 Å². The molecule has 2 heteroatoms. The van der Waals surface area contributed by atoms with Crippen LogP contribution in [0.15, 0.2) is 0 Å². The van der Waals surface area contributed by atoms with E-state index in [1.807, 2.05) is 0 Å². The fourth-order valence-electron chi connectivity index (χ4n) is 2.78. The Morgan fingerprint density at radius 3 is 2.38 bits per heavy atom. The molecule has 0 aromatic heterocycles. The summed E-state index contributed by atoms with van der Waals surface area (Å²) in [6.07, 6.45) is 2.28. The number of hydrogen-bond donors (Lipinski definition) is 1. The predicted molar refractivity (Wildman–Crippen MR) is 53.5 cm³/mol. The van der Waals surface area contributed by atoms with Crippen molar-refractivity contribution in [3.63, 3.8) is 0 Å². The van der Waals surface area contributed by atoms with Crippen molar-refractivity contribution in [2.75, 3.05) is 13.1 Å². The summed E-state index contributed by atoms with van der Waals surface area (Å²) in [6, 6.07) is 0. The zero-order valence-electron chi connectivity index (χ0n) is 8.95. The molecule has 0 radical (unpaired) electrons. The zero-order chi connectivity index (χ0) is 9.64. The molecule has 0 aromatic rings. The first-order valence-corrected chi connectivity index (χ1v) is 5.40. The van der Waals surface area contributed by atoms with Crippen LogP contribution in [0, 0.1) is 11.8 Å². The maximum atomic E-state index is 9.76. The van der Waals surface area contributed by atoms with Gasteiger partial charge in [0.2, 0.25) is 0 Å². The summed E-state index contributed by atoms with van der Waals surface area (Å²) in [7, 11) is 0. The highest BCUT2D eigenvalue weighted by Crippen LogP contribution is 2.38. The fraction of sp³-hybridized carbons (Fsp3) is 1.00. The van der Waals surface area contributed by atoms with Crippen LogP contribution in [0.4, 0.5) is 0 Å². The van der Waals surface area contributed by atoms with E-state index in [-0.39, 0.29) is 11.6 Å². The number of nitrogens with zero attached hydrogens (tertiary/aromatic N) is 1. The molecule has 2 rings (SSSR count). The molecule has 3 atom stereocenters. The maximum Gasteiger partial charge on any atom is 0.0583 e. The second kappa shape index (κ2) is 2.96. The summed E-state index contributed by atoms with van der Waals surface area (Å²) in [4.78, 5) is 2.53. The standard InChI is InChI=1S/C11H21NO/c1-11(2,3)12-6-8-4-9(7-12)10(13)5-8/h8-10,13H,4-7H2,1-3H3/t8-,9-,10-/m1/s1. The summed E-state index contributed by atoms with van der Waals surface area (Å²) in [5.41, 5.74) is 0.279. The van der Waals surface area contributed by atoms with Crippen molar-refractivity contribution >= 4 is 0 Å². The third-order valence-corrected chi connectivity index (χ3v) is 3.64. The molecule has 1 saturated carbocycles. The number of likely N-dealkylation sites (tertiary alicyclic amines) is 1. The molecule has 2 fully saturated rings. The van der Waals surface area contributed by atoms with Crippen molar-refractivity contribution in [3.8, 4) is 0 Å². The van der Waals surface area contributed by atoms with E-state index < -0.39 is 0 Å². The third kappa shape index (κ3) is 1.75. The van der Waals surface area contributed by atoms with Gasteiger partial charge in [-0.3, -0.25) is 4.90 Å². The van der Waals surface area contributed by atoms with Gasteiger partial charge in [0, 0.05) is 18.6 Å². The third-order valence-electron chi connectivity index (χ3n) is 3.64. The molecule has 1 aliphatic carbocycles. The van der Waals surface area contributed by atoms with Gasteiger partial charge in [0.15, 0.2) is 0 Å². The van der Waals surface area contributed by atoms with E-state index in [2.05, 4.69) is 25.7 Å². The first-order valence-electron chi connectivity index (χ1n) is 5.40. The molecule has 13 heavy (non-hydrogen) atoms. The lowest BCUT2D eigenvalue weighted by Gasteiger charge is -2.41. The van der Waals surface area contributed by atoms with Gasteiger partial charge in [0.25, 0.3) is 0 Å². The van der Waals surface area contributed by atoms with Crippen LogP contribution < -0.4 is 0 Å². The van der Waals surface area contributed by atoms with E-state index in [9.17, 15) is 5.11 Å². The van der Waals surface area contributed by atoms with Gasteiger partial charge in [0.1, 0.15) is 0 Å². The molecule has 0 aromatic carbocycles. The largest absolute Gasteiger partial charge is 0.393 e.